The van der Waals surface area contributed by atoms with Crippen LogP contribution in [-0.4, -0.2) is 24.9 Å². The van der Waals surface area contributed by atoms with Crippen LogP contribution >= 0.6 is 0 Å². The summed E-state index contributed by atoms with van der Waals surface area (Å²) < 4.78 is 6.67. The van der Waals surface area contributed by atoms with E-state index in [1.807, 2.05) is 121 Å². The van der Waals surface area contributed by atoms with Crippen LogP contribution in [0, 0.1) is 0 Å². The van der Waals surface area contributed by atoms with E-state index >= 15 is 0 Å². The zero-order valence-corrected chi connectivity index (χ0v) is 26.2. The molecule has 0 radical (unpaired) electrons. The minimum absolute atomic E-state index is 0.535. The lowest BCUT2D eigenvalue weighted by Gasteiger charge is -2.10. The third-order valence-electron chi connectivity index (χ3n) is 8.57. The highest BCUT2D eigenvalue weighted by atomic mass is 16.3. The molecule has 0 amide bonds. The smallest absolute Gasteiger partial charge is 0.167 e. The molecule has 9 aromatic rings. The summed E-state index contributed by atoms with van der Waals surface area (Å²) in [6.45, 7) is 0. The van der Waals surface area contributed by atoms with Gasteiger partial charge < -0.3 is 4.42 Å². The number of hydrogen-bond donors (Lipinski definition) is 0. The average molecular weight is 630 g/mol. The molecule has 3 heterocycles. The predicted octanol–water partition coefficient (Wildman–Crippen LogP) is 10.6. The maximum Gasteiger partial charge on any atom is 0.167 e. The Hall–Kier alpha value is -6.79. The van der Waals surface area contributed by atoms with E-state index in [2.05, 4.69) is 42.5 Å². The molecule has 49 heavy (non-hydrogen) atoms. The van der Waals surface area contributed by atoms with E-state index < -0.39 is 0 Å². The highest BCUT2D eigenvalue weighted by molar-refractivity contribution is 6.14. The predicted molar refractivity (Wildman–Crippen MR) is 195 cm³/mol. The van der Waals surface area contributed by atoms with Gasteiger partial charge >= 0.3 is 0 Å². The second kappa shape index (κ2) is 12.1. The average Bonchev–Trinajstić information content (AvgIpc) is 3.58. The van der Waals surface area contributed by atoms with Gasteiger partial charge in [0.1, 0.15) is 11.2 Å². The molecule has 6 nitrogen and oxygen atoms in total. The fourth-order valence-corrected chi connectivity index (χ4v) is 6.22. The monoisotopic (exact) mass is 629 g/mol. The van der Waals surface area contributed by atoms with Gasteiger partial charge in [-0.3, -0.25) is 0 Å². The standard InChI is InChI=1S/C43H27N5O/c1-5-15-28(16-6-1)35-27-36(29-17-7-2-8-18-29)45-42(44-35)33-24-14-26-37-38(33)32-23-13-25-34(39(32)49-37)43-47-40(30-19-9-3-10-20-30)46-41(48-43)31-21-11-4-12-22-31/h1-27H. The minimum atomic E-state index is 0.535. The molecule has 0 spiro atoms. The molecule has 6 heteroatoms. The van der Waals surface area contributed by atoms with Gasteiger partial charge in [0.2, 0.25) is 0 Å². The largest absolute Gasteiger partial charge is 0.455 e. The molecule has 0 bridgehead atoms. The number of para-hydroxylation sites is 1. The zero-order valence-electron chi connectivity index (χ0n) is 26.2. The number of aromatic nitrogens is 5. The Morgan fingerprint density at radius 3 is 1.35 bits per heavy atom. The summed E-state index contributed by atoms with van der Waals surface area (Å²) in [4.78, 5) is 25.1. The summed E-state index contributed by atoms with van der Waals surface area (Å²) in [5, 5.41) is 1.87. The topological polar surface area (TPSA) is 77.6 Å². The van der Waals surface area contributed by atoms with E-state index in [0.717, 1.165) is 61.1 Å². The first kappa shape index (κ1) is 28.4. The molecule has 0 aliphatic carbocycles. The highest BCUT2D eigenvalue weighted by Crippen LogP contribution is 2.40. The lowest BCUT2D eigenvalue weighted by molar-refractivity contribution is 0.669. The van der Waals surface area contributed by atoms with Crippen molar-refractivity contribution in [2.75, 3.05) is 0 Å². The third kappa shape index (κ3) is 5.31. The molecule has 9 rings (SSSR count). The Bertz CT molecular complexity index is 2470. The van der Waals surface area contributed by atoms with E-state index in [1.165, 1.54) is 0 Å². The summed E-state index contributed by atoms with van der Waals surface area (Å²) in [6, 6.07) is 54.6. The molecule has 0 unspecified atom stereocenters. The van der Waals surface area contributed by atoms with Crippen molar-refractivity contribution >= 4 is 21.9 Å². The van der Waals surface area contributed by atoms with Crippen molar-refractivity contribution in [2.45, 2.75) is 0 Å². The number of furan rings is 1. The van der Waals surface area contributed by atoms with Gasteiger partial charge in [0.15, 0.2) is 23.3 Å². The Morgan fingerprint density at radius 1 is 0.347 bits per heavy atom. The van der Waals surface area contributed by atoms with Crippen LogP contribution in [0.2, 0.25) is 0 Å². The van der Waals surface area contributed by atoms with Gasteiger partial charge in [0.25, 0.3) is 0 Å². The number of rotatable bonds is 6. The van der Waals surface area contributed by atoms with E-state index in [1.54, 1.807) is 0 Å². The Balaban J connectivity index is 1.26. The van der Waals surface area contributed by atoms with Gasteiger partial charge in [-0.1, -0.05) is 146 Å². The molecule has 0 fully saturated rings. The van der Waals surface area contributed by atoms with Crippen LogP contribution in [0.5, 0.6) is 0 Å². The van der Waals surface area contributed by atoms with Gasteiger partial charge in [0.05, 0.1) is 17.0 Å². The van der Waals surface area contributed by atoms with Crippen LogP contribution in [-0.2, 0) is 0 Å². The second-order valence-corrected chi connectivity index (χ2v) is 11.7. The first-order valence-corrected chi connectivity index (χ1v) is 16.1. The lowest BCUT2D eigenvalue weighted by atomic mass is 10.0. The van der Waals surface area contributed by atoms with Crippen LogP contribution in [0.15, 0.2) is 168 Å². The third-order valence-corrected chi connectivity index (χ3v) is 8.57. The van der Waals surface area contributed by atoms with Gasteiger partial charge in [-0.15, -0.1) is 0 Å². The van der Waals surface area contributed by atoms with E-state index in [9.17, 15) is 0 Å². The highest BCUT2D eigenvalue weighted by Gasteiger charge is 2.21. The van der Waals surface area contributed by atoms with Crippen molar-refractivity contribution in [3.8, 4) is 68.1 Å². The molecule has 3 aromatic heterocycles. The van der Waals surface area contributed by atoms with Gasteiger partial charge in [-0.05, 0) is 18.2 Å². The molecule has 0 aliphatic rings. The maximum atomic E-state index is 6.67. The van der Waals surface area contributed by atoms with Crippen LogP contribution < -0.4 is 0 Å². The molecular weight excluding hydrogens is 603 g/mol. The summed E-state index contributed by atoms with van der Waals surface area (Å²) in [5.41, 5.74) is 8.64. The van der Waals surface area contributed by atoms with Crippen LogP contribution in [0.3, 0.4) is 0 Å². The van der Waals surface area contributed by atoms with Crippen LogP contribution in [0.25, 0.3) is 90.0 Å². The van der Waals surface area contributed by atoms with Gasteiger partial charge in [0, 0.05) is 38.6 Å². The Labute approximate surface area is 282 Å². The molecule has 0 saturated heterocycles. The van der Waals surface area contributed by atoms with E-state index in [4.69, 9.17) is 29.3 Å². The van der Waals surface area contributed by atoms with Crippen molar-refractivity contribution in [1.29, 1.82) is 0 Å². The fraction of sp³-hybridized carbons (Fsp3) is 0. The quantitative estimate of drug-likeness (QED) is 0.182. The number of nitrogens with zero attached hydrogens (tertiary/aromatic N) is 5. The van der Waals surface area contributed by atoms with E-state index in [0.29, 0.717) is 28.9 Å². The van der Waals surface area contributed by atoms with Gasteiger partial charge in [-0.25, -0.2) is 24.9 Å². The molecule has 0 aliphatic heterocycles. The summed E-state index contributed by atoms with van der Waals surface area (Å²) in [6.07, 6.45) is 0. The van der Waals surface area contributed by atoms with E-state index in [-0.39, 0.29) is 0 Å². The minimum Gasteiger partial charge on any atom is -0.455 e. The second-order valence-electron chi connectivity index (χ2n) is 11.7. The molecule has 230 valence electrons. The molecule has 0 atom stereocenters. The summed E-state index contributed by atoms with van der Waals surface area (Å²) in [5.74, 6) is 2.35. The normalized spacial score (nSPS) is 11.3. The van der Waals surface area contributed by atoms with Crippen molar-refractivity contribution in [3.63, 3.8) is 0 Å². The van der Waals surface area contributed by atoms with Crippen molar-refractivity contribution in [2.24, 2.45) is 0 Å². The fourth-order valence-electron chi connectivity index (χ4n) is 6.22. The van der Waals surface area contributed by atoms with Crippen LogP contribution in [0.1, 0.15) is 0 Å². The molecule has 0 saturated carbocycles. The van der Waals surface area contributed by atoms with Crippen LogP contribution in [0.4, 0.5) is 0 Å². The van der Waals surface area contributed by atoms with Crippen molar-refractivity contribution in [3.05, 3.63) is 164 Å². The number of benzene rings is 6. The Kier molecular flexibility index (Phi) is 7.02. The zero-order chi connectivity index (χ0) is 32.6. The number of hydrogen-bond acceptors (Lipinski definition) is 6. The Morgan fingerprint density at radius 2 is 0.796 bits per heavy atom. The SMILES string of the molecule is c1ccc(-c2cc(-c3ccccc3)nc(-c3cccc4oc5c(-c6nc(-c7ccccc7)nc(-c7ccccc7)n6)cccc5c34)n2)cc1. The van der Waals surface area contributed by atoms with Crippen molar-refractivity contribution in [1.82, 2.24) is 24.9 Å². The maximum absolute atomic E-state index is 6.67. The first-order chi connectivity index (χ1) is 24.3. The van der Waals surface area contributed by atoms with Gasteiger partial charge in [-0.2, -0.15) is 0 Å². The molecule has 6 aromatic carbocycles. The lowest BCUT2D eigenvalue weighted by Crippen LogP contribution is -2.00. The first-order valence-electron chi connectivity index (χ1n) is 16.1. The molecular formula is C43H27N5O. The summed E-state index contributed by atoms with van der Waals surface area (Å²) in [7, 11) is 0. The molecule has 0 N–H and O–H groups in total. The van der Waals surface area contributed by atoms with Crippen molar-refractivity contribution < 1.29 is 4.42 Å². The number of fused-ring (bicyclic) bond motifs is 3. The summed E-state index contributed by atoms with van der Waals surface area (Å²) >= 11 is 0.